The van der Waals surface area contributed by atoms with Crippen molar-refractivity contribution in [3.8, 4) is 0 Å². The molecule has 2 saturated carbocycles. The van der Waals surface area contributed by atoms with E-state index in [0.717, 1.165) is 17.3 Å². The Morgan fingerprint density at radius 1 is 0.679 bits per heavy atom. The number of benzene rings is 2. The first-order valence-electron chi connectivity index (χ1n) is 11.1. The summed E-state index contributed by atoms with van der Waals surface area (Å²) in [5.74, 6) is 1.04. The number of nitrogens with one attached hydrogen (secondary N) is 1. The maximum absolute atomic E-state index is 5.14. The summed E-state index contributed by atoms with van der Waals surface area (Å²) in [6.45, 7) is 0. The van der Waals surface area contributed by atoms with Gasteiger partial charge in [-0.15, -0.1) is 0 Å². The molecule has 4 rings (SSSR count). The highest BCUT2D eigenvalue weighted by atomic mass is 15.3. The number of hydrogen-bond acceptors (Lipinski definition) is 1. The van der Waals surface area contributed by atoms with E-state index in [1.807, 2.05) is 0 Å². The summed E-state index contributed by atoms with van der Waals surface area (Å²) >= 11 is 0. The molecule has 2 aliphatic carbocycles. The zero-order valence-corrected chi connectivity index (χ0v) is 16.9. The predicted molar refractivity (Wildman–Crippen MR) is 119 cm³/mol. The van der Waals surface area contributed by atoms with E-state index in [2.05, 4.69) is 70.9 Å². The van der Waals surface area contributed by atoms with Crippen LogP contribution in [0.5, 0.6) is 0 Å². The first kappa shape index (κ1) is 19.0. The monoisotopic (exact) mass is 375 g/mol. The third kappa shape index (κ3) is 4.95. The summed E-state index contributed by atoms with van der Waals surface area (Å²) in [7, 11) is 0. The average molecular weight is 376 g/mol. The molecule has 0 atom stereocenters. The first-order chi connectivity index (χ1) is 13.9. The van der Waals surface area contributed by atoms with E-state index >= 15 is 0 Å². The van der Waals surface area contributed by atoms with Crippen molar-refractivity contribution in [2.75, 3.05) is 5.32 Å². The fourth-order valence-electron chi connectivity index (χ4n) is 4.79. The van der Waals surface area contributed by atoms with Crippen LogP contribution in [0.2, 0.25) is 0 Å². The SMILES string of the molecule is c1ccc(N=C(Nc2ccccc2)N(C2CCCCC2)C2CCCCC2)cc1. The molecule has 1 N–H and O–H groups in total. The van der Waals surface area contributed by atoms with Crippen LogP contribution in [0.1, 0.15) is 64.2 Å². The standard InChI is InChI=1S/C25H33N3/c1-5-13-21(14-6-1)26-25(27-22-15-7-2-8-16-22)28(23-17-9-3-10-18-23)24-19-11-4-12-20-24/h1-2,5-8,13-16,23-24H,3-4,9-12,17-20H2,(H,26,27). The molecule has 2 aromatic carbocycles. The Bertz CT molecular complexity index is 711. The van der Waals surface area contributed by atoms with Crippen molar-refractivity contribution in [2.24, 2.45) is 4.99 Å². The molecule has 0 aliphatic heterocycles. The van der Waals surface area contributed by atoms with Gasteiger partial charge in [-0.3, -0.25) is 0 Å². The Morgan fingerprint density at radius 3 is 1.71 bits per heavy atom. The van der Waals surface area contributed by atoms with E-state index in [1.54, 1.807) is 0 Å². The quantitative estimate of drug-likeness (QED) is 0.472. The Balaban J connectivity index is 1.69. The molecule has 0 saturated heterocycles. The second-order valence-electron chi connectivity index (χ2n) is 8.25. The van der Waals surface area contributed by atoms with Gasteiger partial charge in [-0.25, -0.2) is 4.99 Å². The Hall–Kier alpha value is -2.29. The van der Waals surface area contributed by atoms with Gasteiger partial charge in [0.25, 0.3) is 0 Å². The smallest absolute Gasteiger partial charge is 0.204 e. The third-order valence-corrected chi connectivity index (χ3v) is 6.20. The van der Waals surface area contributed by atoms with Crippen LogP contribution in [0.4, 0.5) is 11.4 Å². The number of guanidine groups is 1. The Morgan fingerprint density at radius 2 is 1.18 bits per heavy atom. The minimum Gasteiger partial charge on any atom is -0.336 e. The lowest BCUT2D eigenvalue weighted by Gasteiger charge is -2.43. The van der Waals surface area contributed by atoms with Crippen LogP contribution in [-0.2, 0) is 0 Å². The molecule has 0 aromatic heterocycles. The van der Waals surface area contributed by atoms with E-state index in [-0.39, 0.29) is 0 Å². The molecular weight excluding hydrogens is 342 g/mol. The molecule has 3 heteroatoms. The van der Waals surface area contributed by atoms with Crippen LogP contribution in [0.3, 0.4) is 0 Å². The van der Waals surface area contributed by atoms with Crippen molar-refractivity contribution in [1.29, 1.82) is 0 Å². The largest absolute Gasteiger partial charge is 0.336 e. The lowest BCUT2D eigenvalue weighted by Crippen LogP contribution is -2.51. The molecule has 2 aliphatic rings. The fraction of sp³-hybridized carbons (Fsp3) is 0.480. The summed E-state index contributed by atoms with van der Waals surface area (Å²) in [6.07, 6.45) is 13.3. The molecule has 0 heterocycles. The Labute approximate surface area is 169 Å². The summed E-state index contributed by atoms with van der Waals surface area (Å²) in [6, 6.07) is 22.2. The zero-order valence-electron chi connectivity index (χ0n) is 16.9. The van der Waals surface area contributed by atoms with Crippen LogP contribution in [-0.4, -0.2) is 22.9 Å². The molecule has 0 amide bonds. The van der Waals surface area contributed by atoms with Crippen LogP contribution < -0.4 is 5.32 Å². The average Bonchev–Trinajstić information content (AvgIpc) is 2.77. The van der Waals surface area contributed by atoms with Crippen LogP contribution >= 0.6 is 0 Å². The molecule has 2 aromatic rings. The number of para-hydroxylation sites is 2. The van der Waals surface area contributed by atoms with Crippen molar-refractivity contribution >= 4 is 17.3 Å². The Kier molecular flexibility index (Phi) is 6.64. The minimum absolute atomic E-state index is 0.607. The van der Waals surface area contributed by atoms with E-state index in [1.165, 1.54) is 64.2 Å². The highest BCUT2D eigenvalue weighted by molar-refractivity contribution is 5.95. The molecule has 0 unspecified atom stereocenters. The number of nitrogens with zero attached hydrogens (tertiary/aromatic N) is 2. The van der Waals surface area contributed by atoms with Crippen LogP contribution in [0.15, 0.2) is 65.7 Å². The first-order valence-corrected chi connectivity index (χ1v) is 11.1. The predicted octanol–water partition coefficient (Wildman–Crippen LogP) is 6.75. The maximum Gasteiger partial charge on any atom is 0.204 e. The molecule has 28 heavy (non-hydrogen) atoms. The van der Waals surface area contributed by atoms with Gasteiger partial charge in [0.15, 0.2) is 0 Å². The minimum atomic E-state index is 0.607. The van der Waals surface area contributed by atoms with E-state index in [9.17, 15) is 0 Å². The van der Waals surface area contributed by atoms with Crippen molar-refractivity contribution in [3.05, 3.63) is 60.7 Å². The van der Waals surface area contributed by atoms with Gasteiger partial charge in [0.1, 0.15) is 0 Å². The van der Waals surface area contributed by atoms with Crippen molar-refractivity contribution in [2.45, 2.75) is 76.3 Å². The van der Waals surface area contributed by atoms with Crippen molar-refractivity contribution in [3.63, 3.8) is 0 Å². The lowest BCUT2D eigenvalue weighted by atomic mass is 9.89. The highest BCUT2D eigenvalue weighted by Crippen LogP contribution is 2.31. The lowest BCUT2D eigenvalue weighted by molar-refractivity contribution is 0.157. The number of rotatable bonds is 4. The van der Waals surface area contributed by atoms with Gasteiger partial charge in [0.05, 0.1) is 5.69 Å². The summed E-state index contributed by atoms with van der Waals surface area (Å²) in [4.78, 5) is 7.81. The molecule has 0 spiro atoms. The van der Waals surface area contributed by atoms with Gasteiger partial charge >= 0.3 is 0 Å². The second-order valence-corrected chi connectivity index (χ2v) is 8.25. The molecular formula is C25H33N3. The molecule has 0 bridgehead atoms. The number of anilines is 1. The topological polar surface area (TPSA) is 27.6 Å². The van der Waals surface area contributed by atoms with Gasteiger partial charge in [0.2, 0.25) is 5.96 Å². The highest BCUT2D eigenvalue weighted by Gasteiger charge is 2.31. The van der Waals surface area contributed by atoms with Gasteiger partial charge in [-0.05, 0) is 49.9 Å². The molecule has 0 radical (unpaired) electrons. The maximum atomic E-state index is 5.14. The molecule has 2 fully saturated rings. The van der Waals surface area contributed by atoms with E-state index < -0.39 is 0 Å². The number of aliphatic imine (C=N–C) groups is 1. The third-order valence-electron chi connectivity index (χ3n) is 6.20. The number of hydrogen-bond donors (Lipinski definition) is 1. The van der Waals surface area contributed by atoms with E-state index in [4.69, 9.17) is 4.99 Å². The van der Waals surface area contributed by atoms with Crippen LogP contribution in [0.25, 0.3) is 0 Å². The summed E-state index contributed by atoms with van der Waals surface area (Å²) in [5.41, 5.74) is 2.14. The molecule has 148 valence electrons. The molecule has 3 nitrogen and oxygen atoms in total. The van der Waals surface area contributed by atoms with Crippen molar-refractivity contribution in [1.82, 2.24) is 4.90 Å². The van der Waals surface area contributed by atoms with Gasteiger partial charge in [0, 0.05) is 17.8 Å². The fourth-order valence-corrected chi connectivity index (χ4v) is 4.79. The summed E-state index contributed by atoms with van der Waals surface area (Å²) < 4.78 is 0. The van der Waals surface area contributed by atoms with Gasteiger partial charge in [-0.1, -0.05) is 74.9 Å². The van der Waals surface area contributed by atoms with E-state index in [0.29, 0.717) is 12.1 Å². The van der Waals surface area contributed by atoms with Gasteiger partial charge in [-0.2, -0.15) is 0 Å². The van der Waals surface area contributed by atoms with Gasteiger partial charge < -0.3 is 10.2 Å². The zero-order chi connectivity index (χ0) is 19.0. The van der Waals surface area contributed by atoms with Crippen molar-refractivity contribution < 1.29 is 0 Å². The van der Waals surface area contributed by atoms with Crippen LogP contribution in [0, 0.1) is 0 Å². The summed E-state index contributed by atoms with van der Waals surface area (Å²) in [5, 5.41) is 3.70. The second kappa shape index (κ2) is 9.77. The normalized spacial score (nSPS) is 19.4.